The van der Waals surface area contributed by atoms with Crippen LogP contribution in [0.3, 0.4) is 0 Å². The lowest BCUT2D eigenvalue weighted by Gasteiger charge is -2.34. The third kappa shape index (κ3) is 7.04. The maximum Gasteiger partial charge on any atom is 0.333 e. The van der Waals surface area contributed by atoms with Crippen LogP contribution in [0.4, 0.5) is 4.39 Å². The van der Waals surface area contributed by atoms with Gasteiger partial charge in [-0.1, -0.05) is 11.3 Å². The Bertz CT molecular complexity index is 1850. The van der Waals surface area contributed by atoms with Gasteiger partial charge in [-0.15, -0.1) is 4.80 Å². The number of hydrogen-bond acceptors (Lipinski definition) is 10. The van der Waals surface area contributed by atoms with Crippen molar-refractivity contribution in [3.05, 3.63) is 68.4 Å². The van der Waals surface area contributed by atoms with Gasteiger partial charge in [-0.25, -0.2) is 13.8 Å². The number of carbonyl (C=O) groups is 1. The fourth-order valence-electron chi connectivity index (χ4n) is 5.23. The summed E-state index contributed by atoms with van der Waals surface area (Å²) in [6.07, 6.45) is 3.29. The summed E-state index contributed by atoms with van der Waals surface area (Å²) in [4.78, 5) is 44.7. The lowest BCUT2D eigenvalue weighted by atomic mass is 10.0. The number of nitrogens with zero attached hydrogens (tertiary/aromatic N) is 7. The van der Waals surface area contributed by atoms with Crippen LogP contribution in [-0.2, 0) is 23.3 Å². The van der Waals surface area contributed by atoms with Crippen LogP contribution in [0.2, 0.25) is 0 Å². The Kier molecular flexibility index (Phi) is 10.8. The average molecular weight is 655 g/mol. The standard InChI is InChI=1S/C25H29FN6O4S.C6H10N2O/c1-14(2)29-23(34)25(4,5)31-20(33)19-15(3)21(32-27-10-11-28-32)37-22(19)30(24(31)35)12-9-16-13-17(26)7-8-18(16)36-6;7-3-6-4-8(5-6)1-2-9/h7-8,10-11,13-14H,9,12H2,1-6H3,(H,29,34);6,9H,1-2,4-5H2. The second-order valence-electron chi connectivity index (χ2n) is 11.8. The zero-order valence-corrected chi connectivity index (χ0v) is 27.6. The molecule has 4 heterocycles. The molecule has 0 radical (unpaired) electrons. The number of thiophene rings is 1. The Labute approximate surface area is 269 Å². The number of nitriles is 1. The molecule has 0 saturated carbocycles. The smallest absolute Gasteiger partial charge is 0.333 e. The largest absolute Gasteiger partial charge is 0.496 e. The molecule has 4 aromatic rings. The molecule has 3 aromatic heterocycles. The highest BCUT2D eigenvalue weighted by Crippen LogP contribution is 2.31. The fourth-order valence-corrected chi connectivity index (χ4v) is 6.46. The number of carbonyl (C=O) groups excluding carboxylic acids is 1. The first-order valence-electron chi connectivity index (χ1n) is 14.9. The molecule has 15 heteroatoms. The highest BCUT2D eigenvalue weighted by molar-refractivity contribution is 7.21. The van der Waals surface area contributed by atoms with Gasteiger partial charge in [0.05, 0.1) is 43.5 Å². The fraction of sp³-hybridized carbons (Fsp3) is 0.484. The number of ether oxygens (including phenoxy) is 1. The number of aliphatic hydroxyl groups excluding tert-OH is 1. The normalized spacial score (nSPS) is 13.7. The molecule has 0 aliphatic carbocycles. The summed E-state index contributed by atoms with van der Waals surface area (Å²) in [5.41, 5.74) is -1.54. The van der Waals surface area contributed by atoms with Crippen LogP contribution in [0.15, 0.2) is 40.2 Å². The van der Waals surface area contributed by atoms with Crippen molar-refractivity contribution < 1.29 is 19.0 Å². The van der Waals surface area contributed by atoms with Crippen LogP contribution in [0.5, 0.6) is 5.75 Å². The molecule has 46 heavy (non-hydrogen) atoms. The minimum absolute atomic E-state index is 0.114. The number of benzene rings is 1. The van der Waals surface area contributed by atoms with Crippen molar-refractivity contribution in [3.8, 4) is 16.8 Å². The summed E-state index contributed by atoms with van der Waals surface area (Å²) in [5.74, 6) is -0.180. The number of aryl methyl sites for hydroxylation is 3. The number of aliphatic hydroxyl groups is 1. The Morgan fingerprint density at radius 1 is 1.24 bits per heavy atom. The number of aromatic nitrogens is 5. The predicted molar refractivity (Wildman–Crippen MR) is 172 cm³/mol. The molecule has 246 valence electrons. The van der Waals surface area contributed by atoms with E-state index in [-0.39, 0.29) is 31.5 Å². The zero-order valence-electron chi connectivity index (χ0n) is 26.8. The molecule has 0 spiro atoms. The SMILES string of the molecule is COc1ccc(F)cc1CCn1c(=O)n(C(C)(C)C(=O)NC(C)C)c(=O)c2c(C)c(-n3nccn3)sc21.N#CC1CN(CCO)C1. The second-order valence-corrected chi connectivity index (χ2v) is 12.8. The van der Waals surface area contributed by atoms with Crippen molar-refractivity contribution in [3.63, 3.8) is 0 Å². The molecule has 0 bridgehead atoms. The van der Waals surface area contributed by atoms with E-state index in [4.69, 9.17) is 15.1 Å². The van der Waals surface area contributed by atoms with Gasteiger partial charge >= 0.3 is 5.69 Å². The van der Waals surface area contributed by atoms with Gasteiger partial charge in [0.1, 0.15) is 26.9 Å². The average Bonchev–Trinajstić information content (AvgIpc) is 3.63. The van der Waals surface area contributed by atoms with Crippen LogP contribution in [-0.4, -0.2) is 79.4 Å². The number of methoxy groups -OCH3 is 1. The number of fused-ring (bicyclic) bond motifs is 1. The van der Waals surface area contributed by atoms with E-state index in [0.29, 0.717) is 32.1 Å². The third-order valence-corrected chi connectivity index (χ3v) is 9.01. The molecule has 1 saturated heterocycles. The van der Waals surface area contributed by atoms with E-state index in [1.807, 2.05) is 0 Å². The van der Waals surface area contributed by atoms with Crippen LogP contribution in [0, 0.1) is 30.0 Å². The van der Waals surface area contributed by atoms with Gasteiger partial charge in [0.2, 0.25) is 5.91 Å². The van der Waals surface area contributed by atoms with Crippen molar-refractivity contribution in [2.24, 2.45) is 5.92 Å². The topological polar surface area (TPSA) is 160 Å². The van der Waals surface area contributed by atoms with Crippen molar-refractivity contribution >= 4 is 27.5 Å². The summed E-state index contributed by atoms with van der Waals surface area (Å²) in [7, 11) is 1.49. The predicted octanol–water partition coefficient (Wildman–Crippen LogP) is 2.20. The quantitative estimate of drug-likeness (QED) is 0.261. The van der Waals surface area contributed by atoms with E-state index in [1.165, 1.54) is 72.3 Å². The van der Waals surface area contributed by atoms with Crippen LogP contribution >= 0.6 is 11.3 Å². The number of amides is 1. The Hall–Kier alpha value is -4.39. The maximum atomic E-state index is 14.0. The lowest BCUT2D eigenvalue weighted by molar-refractivity contribution is -0.129. The van der Waals surface area contributed by atoms with Crippen LogP contribution in [0.25, 0.3) is 15.2 Å². The number of β-amino-alcohol motifs (C(OH)–C–C–N with tert-alkyl or cyclic N) is 1. The minimum atomic E-state index is -1.48. The minimum Gasteiger partial charge on any atom is -0.496 e. The van der Waals surface area contributed by atoms with Gasteiger partial charge in [-0.2, -0.15) is 15.5 Å². The molecule has 1 aliphatic rings. The van der Waals surface area contributed by atoms with E-state index in [9.17, 15) is 18.8 Å². The van der Waals surface area contributed by atoms with Crippen LogP contribution in [0.1, 0.15) is 38.8 Å². The summed E-state index contributed by atoms with van der Waals surface area (Å²) < 4.78 is 21.8. The summed E-state index contributed by atoms with van der Waals surface area (Å²) in [5, 5.41) is 28.8. The maximum absolute atomic E-state index is 14.0. The lowest BCUT2D eigenvalue weighted by Crippen LogP contribution is -2.56. The molecule has 13 nitrogen and oxygen atoms in total. The Morgan fingerprint density at radius 2 is 1.91 bits per heavy atom. The number of hydrogen-bond donors (Lipinski definition) is 2. The molecule has 1 aliphatic heterocycles. The molecule has 1 amide bonds. The molecule has 2 N–H and O–H groups in total. The first-order valence-corrected chi connectivity index (χ1v) is 15.7. The van der Waals surface area contributed by atoms with Crippen molar-refractivity contribution in [1.82, 2.24) is 34.3 Å². The molecule has 0 atom stereocenters. The second kappa shape index (κ2) is 14.4. The van der Waals surface area contributed by atoms with Crippen molar-refractivity contribution in [1.29, 1.82) is 5.26 Å². The first kappa shape index (κ1) is 34.5. The van der Waals surface area contributed by atoms with E-state index >= 15 is 0 Å². The highest BCUT2D eigenvalue weighted by Gasteiger charge is 2.36. The Balaban J connectivity index is 0.000000459. The first-order chi connectivity index (χ1) is 21.8. The van der Waals surface area contributed by atoms with E-state index < -0.39 is 28.5 Å². The molecule has 5 rings (SSSR count). The number of halogens is 1. The van der Waals surface area contributed by atoms with Gasteiger partial charge in [-0.3, -0.25) is 19.1 Å². The van der Waals surface area contributed by atoms with E-state index in [0.717, 1.165) is 24.2 Å². The number of likely N-dealkylation sites (tertiary alicyclic amines) is 1. The Morgan fingerprint density at radius 3 is 2.50 bits per heavy atom. The monoisotopic (exact) mass is 654 g/mol. The number of nitrogens with one attached hydrogen (secondary N) is 1. The third-order valence-electron chi connectivity index (χ3n) is 7.73. The van der Waals surface area contributed by atoms with Gasteiger partial charge in [0.25, 0.3) is 5.56 Å². The summed E-state index contributed by atoms with van der Waals surface area (Å²) in [6.45, 7) is 11.2. The molecular formula is C31H39FN8O5S. The summed E-state index contributed by atoms with van der Waals surface area (Å²) in [6, 6.07) is 6.17. The van der Waals surface area contributed by atoms with Gasteiger partial charge in [-0.05, 0) is 64.8 Å². The van der Waals surface area contributed by atoms with Gasteiger partial charge in [0, 0.05) is 37.8 Å². The van der Waals surface area contributed by atoms with Crippen molar-refractivity contribution in [2.45, 2.75) is 59.2 Å². The molecule has 1 fully saturated rings. The highest BCUT2D eigenvalue weighted by atomic mass is 32.1. The van der Waals surface area contributed by atoms with Crippen LogP contribution < -0.4 is 21.3 Å². The van der Waals surface area contributed by atoms with Crippen molar-refractivity contribution in [2.75, 3.05) is 33.4 Å². The van der Waals surface area contributed by atoms with Gasteiger partial charge < -0.3 is 15.2 Å². The summed E-state index contributed by atoms with van der Waals surface area (Å²) >= 11 is 1.20. The van der Waals surface area contributed by atoms with E-state index in [2.05, 4.69) is 26.5 Å². The molecule has 0 unspecified atom stereocenters. The number of rotatable bonds is 10. The van der Waals surface area contributed by atoms with E-state index in [1.54, 1.807) is 20.8 Å². The zero-order chi connectivity index (χ0) is 33.8. The molecule has 1 aromatic carbocycles. The van der Waals surface area contributed by atoms with Gasteiger partial charge in [0.15, 0.2) is 0 Å². The molecular weight excluding hydrogens is 615 g/mol.